The Kier molecular flexibility index (Phi) is 10.7. The van der Waals surface area contributed by atoms with E-state index in [4.69, 9.17) is 4.74 Å². The van der Waals surface area contributed by atoms with Crippen molar-refractivity contribution in [2.24, 2.45) is 17.8 Å². The Hall–Kier alpha value is -3.45. The highest BCUT2D eigenvalue weighted by atomic mass is 16.5. The molecule has 2 aromatic carbocycles. The molecule has 0 spiro atoms. The van der Waals surface area contributed by atoms with Crippen molar-refractivity contribution < 1.29 is 19.4 Å². The Balaban J connectivity index is 1.65. The molecule has 0 saturated heterocycles. The molecular weight excluding hydrogens is 454 g/mol. The molecule has 1 heterocycles. The molecule has 2 atom stereocenters. The van der Waals surface area contributed by atoms with Crippen LogP contribution >= 0.6 is 0 Å². The molecule has 7 nitrogen and oxygen atoms in total. The van der Waals surface area contributed by atoms with Gasteiger partial charge in [-0.15, -0.1) is 0 Å². The summed E-state index contributed by atoms with van der Waals surface area (Å²) in [6.07, 6.45) is 5.35. The predicted octanol–water partition coefficient (Wildman–Crippen LogP) is 4.71. The number of ether oxygens (including phenoxy) is 1. The Morgan fingerprint density at radius 2 is 1.64 bits per heavy atom. The highest BCUT2D eigenvalue weighted by molar-refractivity contribution is 5.80. The normalized spacial score (nSPS) is 12.9. The van der Waals surface area contributed by atoms with Gasteiger partial charge >= 0.3 is 5.97 Å². The van der Waals surface area contributed by atoms with Gasteiger partial charge in [-0.2, -0.15) is 0 Å². The van der Waals surface area contributed by atoms with Crippen molar-refractivity contribution >= 4 is 11.9 Å². The molecule has 0 radical (unpaired) electrons. The summed E-state index contributed by atoms with van der Waals surface area (Å²) in [5.74, 6) is -1.82. The number of aliphatic carboxylic acids is 1. The van der Waals surface area contributed by atoms with Crippen LogP contribution < -0.4 is 5.32 Å². The van der Waals surface area contributed by atoms with E-state index in [0.717, 1.165) is 23.2 Å². The van der Waals surface area contributed by atoms with Crippen LogP contribution in [-0.2, 0) is 40.5 Å². The quantitative estimate of drug-likeness (QED) is 0.321. The summed E-state index contributed by atoms with van der Waals surface area (Å²) in [6.45, 7) is 5.28. The number of benzene rings is 2. The Bertz CT molecular complexity index is 1070. The summed E-state index contributed by atoms with van der Waals surface area (Å²) in [5.41, 5.74) is 3.07. The molecule has 0 bridgehead atoms. The highest BCUT2D eigenvalue weighted by Crippen LogP contribution is 2.24. The number of aromatic nitrogens is 2. The zero-order valence-electron chi connectivity index (χ0n) is 21.2. The van der Waals surface area contributed by atoms with Gasteiger partial charge in [0.15, 0.2) is 0 Å². The number of carbonyl (C=O) groups excluding carboxylic acids is 1. The molecule has 0 saturated carbocycles. The first-order chi connectivity index (χ1) is 17.4. The number of nitrogens with one attached hydrogen (secondary N) is 1. The van der Waals surface area contributed by atoms with Gasteiger partial charge in [-0.1, -0.05) is 74.5 Å². The van der Waals surface area contributed by atoms with Crippen molar-refractivity contribution in [2.75, 3.05) is 6.54 Å². The van der Waals surface area contributed by atoms with E-state index in [1.165, 1.54) is 0 Å². The maximum absolute atomic E-state index is 13.2. The van der Waals surface area contributed by atoms with Crippen LogP contribution in [0.25, 0.3) is 0 Å². The number of amides is 1. The third kappa shape index (κ3) is 8.96. The van der Waals surface area contributed by atoms with Crippen molar-refractivity contribution in [3.05, 3.63) is 90.0 Å². The minimum absolute atomic E-state index is 0.126. The van der Waals surface area contributed by atoms with E-state index < -0.39 is 17.8 Å². The number of carbonyl (C=O) groups is 2. The molecule has 1 unspecified atom stereocenters. The molecular formula is C29H37N3O4. The van der Waals surface area contributed by atoms with E-state index in [1.54, 1.807) is 12.5 Å². The molecule has 1 amide bonds. The van der Waals surface area contributed by atoms with E-state index in [-0.39, 0.29) is 18.2 Å². The lowest BCUT2D eigenvalue weighted by molar-refractivity contribution is -0.143. The van der Waals surface area contributed by atoms with Crippen LogP contribution in [0.15, 0.2) is 73.2 Å². The molecule has 7 heteroatoms. The van der Waals surface area contributed by atoms with E-state index in [1.807, 2.05) is 79.1 Å². The van der Waals surface area contributed by atoms with Gasteiger partial charge in [0.1, 0.15) is 6.73 Å². The van der Waals surface area contributed by atoms with Crippen LogP contribution in [0, 0.1) is 17.8 Å². The molecule has 0 aliphatic rings. The fourth-order valence-corrected chi connectivity index (χ4v) is 4.34. The predicted molar refractivity (Wildman–Crippen MR) is 139 cm³/mol. The second-order valence-corrected chi connectivity index (χ2v) is 9.65. The smallest absolute Gasteiger partial charge is 0.306 e. The molecule has 3 aromatic rings. The maximum atomic E-state index is 13.2. The van der Waals surface area contributed by atoms with Crippen molar-refractivity contribution in [2.45, 2.75) is 52.9 Å². The summed E-state index contributed by atoms with van der Waals surface area (Å²) in [4.78, 5) is 29.5. The lowest BCUT2D eigenvalue weighted by Gasteiger charge is -2.22. The fraction of sp³-hybridized carbons (Fsp3) is 0.414. The van der Waals surface area contributed by atoms with E-state index in [2.05, 4.69) is 10.3 Å². The van der Waals surface area contributed by atoms with Crippen LogP contribution in [-0.4, -0.2) is 33.1 Å². The molecule has 2 N–H and O–H groups in total. The second kappa shape index (κ2) is 14.2. The molecule has 3 rings (SSSR count). The Labute approximate surface area is 213 Å². The number of rotatable bonds is 15. The third-order valence-corrected chi connectivity index (χ3v) is 6.20. The fourth-order valence-electron chi connectivity index (χ4n) is 4.34. The van der Waals surface area contributed by atoms with Crippen LogP contribution in [0.5, 0.6) is 0 Å². The first-order valence-corrected chi connectivity index (χ1v) is 12.6. The summed E-state index contributed by atoms with van der Waals surface area (Å²) in [7, 11) is 0. The lowest BCUT2D eigenvalue weighted by Crippen LogP contribution is -2.36. The van der Waals surface area contributed by atoms with Gasteiger partial charge in [0, 0.05) is 30.8 Å². The third-order valence-electron chi connectivity index (χ3n) is 6.20. The first-order valence-electron chi connectivity index (χ1n) is 12.6. The van der Waals surface area contributed by atoms with Crippen LogP contribution in [0.3, 0.4) is 0 Å². The van der Waals surface area contributed by atoms with Gasteiger partial charge in [0.2, 0.25) is 5.91 Å². The van der Waals surface area contributed by atoms with E-state index in [0.29, 0.717) is 32.7 Å². The summed E-state index contributed by atoms with van der Waals surface area (Å²) < 4.78 is 7.74. The van der Waals surface area contributed by atoms with Gasteiger partial charge in [-0.05, 0) is 36.3 Å². The van der Waals surface area contributed by atoms with Crippen LogP contribution in [0.2, 0.25) is 0 Å². The Morgan fingerprint density at radius 3 is 2.28 bits per heavy atom. The lowest BCUT2D eigenvalue weighted by atomic mass is 9.85. The first kappa shape index (κ1) is 27.1. The van der Waals surface area contributed by atoms with Gasteiger partial charge in [0.05, 0.1) is 18.9 Å². The number of hydrogen-bond donors (Lipinski definition) is 2. The number of carboxylic acids is 1. The zero-order valence-corrected chi connectivity index (χ0v) is 21.2. The van der Waals surface area contributed by atoms with Crippen molar-refractivity contribution in [1.29, 1.82) is 0 Å². The molecule has 192 valence electrons. The van der Waals surface area contributed by atoms with Crippen LogP contribution in [0.1, 0.15) is 43.5 Å². The van der Waals surface area contributed by atoms with E-state index in [9.17, 15) is 14.7 Å². The second-order valence-electron chi connectivity index (χ2n) is 9.65. The minimum atomic E-state index is -0.856. The molecule has 1 aromatic heterocycles. The molecule has 0 fully saturated rings. The van der Waals surface area contributed by atoms with Crippen molar-refractivity contribution in [3.63, 3.8) is 0 Å². The summed E-state index contributed by atoms with van der Waals surface area (Å²) in [6, 6.07) is 19.9. The Morgan fingerprint density at radius 1 is 0.972 bits per heavy atom. The topological polar surface area (TPSA) is 93.5 Å². The van der Waals surface area contributed by atoms with Gasteiger partial charge in [-0.25, -0.2) is 4.98 Å². The number of hydrogen-bond acceptors (Lipinski definition) is 4. The van der Waals surface area contributed by atoms with E-state index >= 15 is 0 Å². The highest BCUT2D eigenvalue weighted by Gasteiger charge is 2.29. The standard InChI is InChI=1S/C29H37N3O4/c1-22(2)15-26(29(34)35)16-25(28(33)31-14-13-23-9-5-3-6-10-23)17-27-18-30-20-32(27)21-36-19-24-11-7-4-8-12-24/h3-12,18,20,22,25-26H,13-17,19,21H2,1-2H3,(H,31,33)(H,34,35)/t25-,26?/m0/s1. The summed E-state index contributed by atoms with van der Waals surface area (Å²) in [5, 5.41) is 12.8. The van der Waals surface area contributed by atoms with Crippen molar-refractivity contribution in [3.8, 4) is 0 Å². The number of carboxylic acid groups (broad SMARTS) is 1. The monoisotopic (exact) mass is 491 g/mol. The molecule has 0 aliphatic carbocycles. The van der Waals surface area contributed by atoms with Gasteiger partial charge < -0.3 is 19.7 Å². The van der Waals surface area contributed by atoms with Crippen LogP contribution in [0.4, 0.5) is 0 Å². The SMILES string of the molecule is CC(C)CC(C[C@@H](Cc1cncn1COCc1ccccc1)C(=O)NCCc1ccccc1)C(=O)O. The van der Waals surface area contributed by atoms with Gasteiger partial charge in [-0.3, -0.25) is 9.59 Å². The zero-order chi connectivity index (χ0) is 25.8. The molecule has 0 aliphatic heterocycles. The average Bonchev–Trinajstić information content (AvgIpc) is 3.30. The van der Waals surface area contributed by atoms with Crippen molar-refractivity contribution in [1.82, 2.24) is 14.9 Å². The largest absolute Gasteiger partial charge is 0.481 e. The number of nitrogens with zero attached hydrogens (tertiary/aromatic N) is 2. The average molecular weight is 492 g/mol. The number of imidazole rings is 1. The maximum Gasteiger partial charge on any atom is 0.306 e. The summed E-state index contributed by atoms with van der Waals surface area (Å²) >= 11 is 0. The molecule has 36 heavy (non-hydrogen) atoms. The minimum Gasteiger partial charge on any atom is -0.481 e. The van der Waals surface area contributed by atoms with Gasteiger partial charge in [0.25, 0.3) is 0 Å².